The average molecular weight is 214 g/mol. The quantitative estimate of drug-likeness (QED) is 0.704. The summed E-state index contributed by atoms with van der Waals surface area (Å²) in [6.07, 6.45) is 1.66. The van der Waals surface area contributed by atoms with E-state index in [-0.39, 0.29) is 0 Å². The predicted molar refractivity (Wildman–Crippen MR) is 58.9 cm³/mol. The van der Waals surface area contributed by atoms with Crippen LogP contribution in [0, 0.1) is 0 Å². The Kier molecular flexibility index (Phi) is 3.61. The molecule has 0 saturated carbocycles. The number of hydrogen-bond acceptors (Lipinski definition) is 4. The topological polar surface area (TPSA) is 35.9 Å². The summed E-state index contributed by atoms with van der Waals surface area (Å²) >= 11 is 0. The molecule has 2 aliphatic rings. The van der Waals surface area contributed by atoms with Gasteiger partial charge in [0.1, 0.15) is 0 Å². The summed E-state index contributed by atoms with van der Waals surface area (Å²) in [5.74, 6) is 0. The van der Waals surface area contributed by atoms with Gasteiger partial charge >= 0.3 is 0 Å². The van der Waals surface area contributed by atoms with Crippen molar-refractivity contribution in [2.45, 2.75) is 18.4 Å². The molecule has 1 N–H and O–H groups in total. The number of likely N-dealkylation sites (N-methyl/N-ethyl adjacent to an activating group) is 1. The zero-order chi connectivity index (χ0) is 10.7. The first-order valence-corrected chi connectivity index (χ1v) is 5.89. The van der Waals surface area contributed by atoms with Gasteiger partial charge in [-0.2, -0.15) is 0 Å². The molecule has 4 heteroatoms. The molecule has 0 radical (unpaired) electrons. The summed E-state index contributed by atoms with van der Waals surface area (Å²) in [4.78, 5) is 4.79. The molecule has 0 aromatic heterocycles. The number of aliphatic hydroxyl groups is 1. The van der Waals surface area contributed by atoms with Crippen molar-refractivity contribution in [3.05, 3.63) is 0 Å². The molecule has 0 amide bonds. The summed E-state index contributed by atoms with van der Waals surface area (Å²) in [5, 5.41) is 10.1. The normalized spacial score (nSPS) is 34.8. The molecular weight excluding hydrogens is 192 g/mol. The molecule has 2 fully saturated rings. The van der Waals surface area contributed by atoms with Gasteiger partial charge in [0.05, 0.1) is 12.2 Å². The summed E-state index contributed by atoms with van der Waals surface area (Å²) in [5.41, 5.74) is -0.538. The molecule has 15 heavy (non-hydrogen) atoms. The number of rotatable bonds is 3. The van der Waals surface area contributed by atoms with E-state index in [0.29, 0.717) is 6.61 Å². The van der Waals surface area contributed by atoms with Gasteiger partial charge in [-0.05, 0) is 13.5 Å². The number of nitrogens with zero attached hydrogens (tertiary/aromatic N) is 2. The van der Waals surface area contributed by atoms with Crippen LogP contribution in [0.1, 0.15) is 12.8 Å². The maximum absolute atomic E-state index is 10.1. The van der Waals surface area contributed by atoms with Crippen molar-refractivity contribution in [2.24, 2.45) is 0 Å². The van der Waals surface area contributed by atoms with Crippen LogP contribution in [-0.2, 0) is 4.74 Å². The number of hydrogen-bond donors (Lipinski definition) is 1. The Morgan fingerprint density at radius 2 is 2.00 bits per heavy atom. The smallest absolute Gasteiger partial charge is 0.0914 e. The van der Waals surface area contributed by atoms with Crippen LogP contribution in [0.25, 0.3) is 0 Å². The highest BCUT2D eigenvalue weighted by Crippen LogP contribution is 2.22. The minimum absolute atomic E-state index is 0.529. The molecule has 2 aliphatic heterocycles. The van der Waals surface area contributed by atoms with E-state index in [9.17, 15) is 5.11 Å². The maximum Gasteiger partial charge on any atom is 0.0914 e. The third-order valence-electron chi connectivity index (χ3n) is 3.57. The van der Waals surface area contributed by atoms with Gasteiger partial charge in [0, 0.05) is 45.8 Å². The van der Waals surface area contributed by atoms with Crippen molar-refractivity contribution in [1.82, 2.24) is 9.80 Å². The second-order valence-corrected chi connectivity index (χ2v) is 4.92. The molecule has 1 unspecified atom stereocenters. The molecule has 2 saturated heterocycles. The molecular formula is C11H22N2O2. The van der Waals surface area contributed by atoms with Crippen LogP contribution < -0.4 is 0 Å². The van der Waals surface area contributed by atoms with E-state index >= 15 is 0 Å². The lowest BCUT2D eigenvalue weighted by molar-refractivity contribution is 0.00742. The highest BCUT2D eigenvalue weighted by Gasteiger charge is 2.32. The van der Waals surface area contributed by atoms with Crippen LogP contribution in [0.2, 0.25) is 0 Å². The second-order valence-electron chi connectivity index (χ2n) is 4.92. The maximum atomic E-state index is 10.1. The Hall–Kier alpha value is -0.160. The van der Waals surface area contributed by atoms with Crippen LogP contribution in [0.3, 0.4) is 0 Å². The third kappa shape index (κ3) is 3.14. The Balaban J connectivity index is 1.69. The molecule has 0 spiro atoms. The fraction of sp³-hybridized carbons (Fsp3) is 1.00. The summed E-state index contributed by atoms with van der Waals surface area (Å²) in [7, 11) is 2.16. The average Bonchev–Trinajstić information content (AvgIpc) is 2.65. The Labute approximate surface area is 91.8 Å². The standard InChI is InChI=1S/C11H22N2O2/c1-12-5-7-13(8-6-12)4-2-11(14)3-9-15-10-11/h14H,2-10H2,1H3. The van der Waals surface area contributed by atoms with Crippen LogP contribution in [0.15, 0.2) is 0 Å². The molecule has 0 aliphatic carbocycles. The van der Waals surface area contributed by atoms with E-state index in [2.05, 4.69) is 16.8 Å². The SMILES string of the molecule is CN1CCN(CCC2(O)CCOC2)CC1. The summed E-state index contributed by atoms with van der Waals surface area (Å²) in [6, 6.07) is 0. The highest BCUT2D eigenvalue weighted by atomic mass is 16.5. The van der Waals surface area contributed by atoms with Crippen LogP contribution in [-0.4, -0.2) is 73.5 Å². The highest BCUT2D eigenvalue weighted by molar-refractivity contribution is 4.84. The van der Waals surface area contributed by atoms with Crippen molar-refractivity contribution in [2.75, 3.05) is 53.0 Å². The van der Waals surface area contributed by atoms with Crippen molar-refractivity contribution in [1.29, 1.82) is 0 Å². The largest absolute Gasteiger partial charge is 0.387 e. The zero-order valence-corrected chi connectivity index (χ0v) is 9.61. The van der Waals surface area contributed by atoms with Gasteiger partial charge in [-0.3, -0.25) is 0 Å². The Bertz CT molecular complexity index is 197. The van der Waals surface area contributed by atoms with Crippen molar-refractivity contribution >= 4 is 0 Å². The Morgan fingerprint density at radius 1 is 1.27 bits per heavy atom. The van der Waals surface area contributed by atoms with Gasteiger partial charge in [-0.1, -0.05) is 0 Å². The number of ether oxygens (including phenoxy) is 1. The molecule has 1 atom stereocenters. The molecule has 4 nitrogen and oxygen atoms in total. The van der Waals surface area contributed by atoms with Gasteiger partial charge in [0.15, 0.2) is 0 Å². The van der Waals surface area contributed by atoms with Crippen molar-refractivity contribution < 1.29 is 9.84 Å². The van der Waals surface area contributed by atoms with E-state index < -0.39 is 5.60 Å². The number of piperazine rings is 1. The fourth-order valence-electron chi connectivity index (χ4n) is 2.23. The first-order valence-electron chi connectivity index (χ1n) is 5.89. The first-order chi connectivity index (χ1) is 7.18. The fourth-order valence-corrected chi connectivity index (χ4v) is 2.23. The van der Waals surface area contributed by atoms with E-state index in [1.165, 1.54) is 0 Å². The second kappa shape index (κ2) is 4.78. The monoisotopic (exact) mass is 214 g/mol. The van der Waals surface area contributed by atoms with Crippen LogP contribution in [0.5, 0.6) is 0 Å². The van der Waals surface area contributed by atoms with Gasteiger partial charge in [-0.25, -0.2) is 0 Å². The minimum Gasteiger partial charge on any atom is -0.387 e. The predicted octanol–water partition coefficient (Wildman–Crippen LogP) is -0.225. The van der Waals surface area contributed by atoms with Gasteiger partial charge in [0.2, 0.25) is 0 Å². The van der Waals surface area contributed by atoms with Crippen molar-refractivity contribution in [3.8, 4) is 0 Å². The molecule has 0 bridgehead atoms. The van der Waals surface area contributed by atoms with Crippen LogP contribution in [0.4, 0.5) is 0 Å². The molecule has 2 rings (SSSR count). The molecule has 2 heterocycles. The Morgan fingerprint density at radius 3 is 2.60 bits per heavy atom. The zero-order valence-electron chi connectivity index (χ0n) is 9.61. The van der Waals surface area contributed by atoms with Crippen molar-refractivity contribution in [3.63, 3.8) is 0 Å². The first kappa shape index (κ1) is 11.3. The molecule has 88 valence electrons. The minimum atomic E-state index is -0.538. The summed E-state index contributed by atoms with van der Waals surface area (Å²) < 4.78 is 5.24. The van der Waals surface area contributed by atoms with E-state index in [0.717, 1.165) is 52.2 Å². The van der Waals surface area contributed by atoms with Gasteiger partial charge in [0.25, 0.3) is 0 Å². The lowest BCUT2D eigenvalue weighted by Crippen LogP contribution is -2.46. The lowest BCUT2D eigenvalue weighted by atomic mass is 9.99. The van der Waals surface area contributed by atoms with Crippen LogP contribution >= 0.6 is 0 Å². The van der Waals surface area contributed by atoms with Gasteiger partial charge < -0.3 is 19.6 Å². The molecule has 0 aromatic carbocycles. The lowest BCUT2D eigenvalue weighted by Gasteiger charge is -2.34. The van der Waals surface area contributed by atoms with E-state index in [1.54, 1.807) is 0 Å². The van der Waals surface area contributed by atoms with Gasteiger partial charge in [-0.15, -0.1) is 0 Å². The van der Waals surface area contributed by atoms with E-state index in [4.69, 9.17) is 4.74 Å². The third-order valence-corrected chi connectivity index (χ3v) is 3.57. The summed E-state index contributed by atoms with van der Waals surface area (Å²) in [6.45, 7) is 6.82. The molecule has 0 aromatic rings. The van der Waals surface area contributed by atoms with E-state index in [1.807, 2.05) is 0 Å².